The Labute approximate surface area is 340 Å². The molecule has 0 radical (unpaired) electrons. The topological polar surface area (TPSA) is 6.48 Å². The molecule has 3 aromatic carbocycles. The number of rotatable bonds is 6. The Kier molecular flexibility index (Phi) is 18.9. The van der Waals surface area contributed by atoms with Crippen LogP contribution < -0.4 is 9.80 Å². The first-order valence-electron chi connectivity index (χ1n) is 20.4. The number of halogens is 2. The maximum atomic E-state index is 5.67. The molecule has 4 fully saturated rings. The second kappa shape index (κ2) is 22.5. The SMILES string of the molecule is C.C1CCC([PH+](C2CCCCC2)C2CCCCC2)CC1.Cc1cc(C)c(N2[CH-]N(c3c(C)cc(C)cc3C)CC2)c(C)c1.[Cl][Ru]([Cl])=[CH]c1ccccc1. The molecule has 0 aromatic heterocycles. The Balaban J connectivity index is 0.000000189. The summed E-state index contributed by atoms with van der Waals surface area (Å²) in [6.07, 6.45) is 23.8. The summed E-state index contributed by atoms with van der Waals surface area (Å²) in [6, 6.07) is 19.0. The van der Waals surface area contributed by atoms with Gasteiger partial charge in [-0.2, -0.15) is 6.67 Å². The molecule has 7 rings (SSSR count). The van der Waals surface area contributed by atoms with Gasteiger partial charge in [-0.15, -0.1) is 0 Å². The van der Waals surface area contributed by atoms with Crippen molar-refractivity contribution in [1.82, 2.24) is 0 Å². The van der Waals surface area contributed by atoms with Gasteiger partial charge in [0.1, 0.15) is 0 Å². The monoisotopic (exact) mass is 866 g/mol. The molecule has 53 heavy (non-hydrogen) atoms. The number of hydrogen-bond acceptors (Lipinski definition) is 2. The molecule has 0 amide bonds. The number of anilines is 2. The fourth-order valence-electron chi connectivity index (χ4n) is 10.0. The van der Waals surface area contributed by atoms with Crippen LogP contribution in [0.1, 0.15) is 143 Å². The van der Waals surface area contributed by atoms with Crippen LogP contribution in [-0.2, 0) is 13.5 Å². The van der Waals surface area contributed by atoms with Crippen molar-refractivity contribution >= 4 is 43.3 Å². The minimum atomic E-state index is -1.61. The number of nitrogens with zero attached hydrogens (tertiary/aromatic N) is 2. The van der Waals surface area contributed by atoms with E-state index in [9.17, 15) is 0 Å². The van der Waals surface area contributed by atoms with Crippen LogP contribution in [0.5, 0.6) is 0 Å². The van der Waals surface area contributed by atoms with E-state index in [2.05, 4.69) is 82.3 Å². The van der Waals surface area contributed by atoms with Crippen LogP contribution in [0.3, 0.4) is 0 Å². The molecule has 3 saturated carbocycles. The normalized spacial score (nSPS) is 18.8. The molecule has 0 spiro atoms. The van der Waals surface area contributed by atoms with Crippen molar-refractivity contribution in [2.75, 3.05) is 22.9 Å². The average Bonchev–Trinajstić information content (AvgIpc) is 3.58. The van der Waals surface area contributed by atoms with Gasteiger partial charge in [0.05, 0.1) is 17.0 Å². The van der Waals surface area contributed by atoms with Crippen LogP contribution in [0.2, 0.25) is 0 Å². The van der Waals surface area contributed by atoms with E-state index >= 15 is 0 Å². The Bertz CT molecular complexity index is 1420. The quantitative estimate of drug-likeness (QED) is 0.138. The second-order valence-electron chi connectivity index (χ2n) is 16.2. The van der Waals surface area contributed by atoms with Gasteiger partial charge in [-0.05, 0) is 141 Å². The molecular formula is C47H71Cl2N2PRu. The molecule has 1 saturated heterocycles. The van der Waals surface area contributed by atoms with Crippen LogP contribution in [0.25, 0.3) is 0 Å². The summed E-state index contributed by atoms with van der Waals surface area (Å²) in [6.45, 7) is 17.6. The van der Waals surface area contributed by atoms with E-state index < -0.39 is 13.5 Å². The van der Waals surface area contributed by atoms with E-state index in [-0.39, 0.29) is 15.3 Å². The van der Waals surface area contributed by atoms with Crippen LogP contribution in [-0.4, -0.2) is 34.7 Å². The third kappa shape index (κ3) is 13.2. The van der Waals surface area contributed by atoms with Gasteiger partial charge in [-0.3, -0.25) is 0 Å². The van der Waals surface area contributed by atoms with Crippen LogP contribution in [0, 0.1) is 48.2 Å². The second-order valence-corrected chi connectivity index (χ2v) is 25.4. The fourth-order valence-corrected chi connectivity index (χ4v) is 17.1. The van der Waals surface area contributed by atoms with E-state index in [1.165, 1.54) is 61.7 Å². The third-order valence-corrected chi connectivity index (χ3v) is 18.4. The van der Waals surface area contributed by atoms with Gasteiger partial charge >= 0.3 is 73.4 Å². The predicted molar refractivity (Wildman–Crippen MR) is 239 cm³/mol. The summed E-state index contributed by atoms with van der Waals surface area (Å²) in [5.74, 6) is 0. The number of hydrogen-bond donors (Lipinski definition) is 0. The zero-order valence-corrected chi connectivity index (χ0v) is 37.4. The Hall–Kier alpha value is -1.24. The van der Waals surface area contributed by atoms with Gasteiger partial charge in [-0.1, -0.05) is 62.1 Å². The average molecular weight is 867 g/mol. The molecule has 1 aliphatic heterocycles. The van der Waals surface area contributed by atoms with Crippen LogP contribution in [0.4, 0.5) is 11.4 Å². The van der Waals surface area contributed by atoms with Crippen molar-refractivity contribution in [3.8, 4) is 0 Å². The number of benzene rings is 3. The summed E-state index contributed by atoms with van der Waals surface area (Å²) >= 11 is -1.61. The van der Waals surface area contributed by atoms with Gasteiger partial charge in [0.15, 0.2) is 0 Å². The van der Waals surface area contributed by atoms with Gasteiger partial charge in [0, 0.05) is 32.4 Å². The molecule has 1 heterocycles. The van der Waals surface area contributed by atoms with Crippen molar-refractivity contribution in [2.45, 2.75) is 162 Å². The van der Waals surface area contributed by atoms with E-state index in [4.69, 9.17) is 19.4 Å². The summed E-state index contributed by atoms with van der Waals surface area (Å²) in [4.78, 5) is 4.81. The molecule has 0 atom stereocenters. The molecule has 3 aromatic rings. The van der Waals surface area contributed by atoms with Crippen LogP contribution >= 0.6 is 27.3 Å². The van der Waals surface area contributed by atoms with E-state index in [0.717, 1.165) is 18.7 Å². The van der Waals surface area contributed by atoms with E-state index in [0.29, 0.717) is 0 Å². The Morgan fingerprint density at radius 2 is 0.906 bits per heavy atom. The standard InChI is InChI=1S/C21H27N2.C18H33P.C7H6.CH4.2ClH.Ru/c1-14-9-16(3)20(17(4)10-14)22-7-8-23(13-22)21-18(5)11-15(2)12-19(21)6;1-4-10-16(11-5-1)19(17-12-6-2-7-13-17)18-14-8-3-9-15-18;1-7-5-3-2-4-6-7;;;;/h9-13H,7-8H2,1-6H3;16-18H,1-15H2;1-6H;1H4;2*1H;/q-1;;;;;;+2/p-1. The van der Waals surface area contributed by atoms with Crippen LogP contribution in [0.15, 0.2) is 54.6 Å². The molecule has 2 nitrogen and oxygen atoms in total. The molecule has 0 unspecified atom stereocenters. The first-order chi connectivity index (χ1) is 25.1. The summed E-state index contributed by atoms with van der Waals surface area (Å²) in [5, 5.41) is 0. The Morgan fingerprint density at radius 1 is 0.566 bits per heavy atom. The summed E-state index contributed by atoms with van der Waals surface area (Å²) in [5.41, 5.74) is 15.6. The van der Waals surface area contributed by atoms with E-state index in [1.807, 2.05) is 34.9 Å². The molecule has 3 aliphatic carbocycles. The van der Waals surface area contributed by atoms with Crippen molar-refractivity contribution in [2.24, 2.45) is 0 Å². The van der Waals surface area contributed by atoms with Crippen molar-refractivity contribution in [1.29, 1.82) is 0 Å². The van der Waals surface area contributed by atoms with Crippen molar-refractivity contribution < 1.29 is 13.5 Å². The minimum absolute atomic E-state index is 0. The molecule has 0 N–H and O–H groups in total. The van der Waals surface area contributed by atoms with E-state index in [1.54, 1.807) is 96.3 Å². The maximum absolute atomic E-state index is 5.67. The first-order valence-corrected chi connectivity index (χ1v) is 27.6. The van der Waals surface area contributed by atoms with Gasteiger partial charge in [-0.25, -0.2) is 0 Å². The van der Waals surface area contributed by atoms with Gasteiger partial charge < -0.3 is 9.80 Å². The molecular weight excluding hydrogens is 795 g/mol. The van der Waals surface area contributed by atoms with Crippen molar-refractivity contribution in [3.63, 3.8) is 0 Å². The third-order valence-electron chi connectivity index (χ3n) is 11.9. The Morgan fingerprint density at radius 3 is 1.23 bits per heavy atom. The molecule has 6 heteroatoms. The first kappa shape index (κ1) is 44.5. The summed E-state index contributed by atoms with van der Waals surface area (Å²) < 4.78 is 1.92. The molecule has 4 aliphatic rings. The van der Waals surface area contributed by atoms with Gasteiger partial charge in [0.25, 0.3) is 0 Å². The number of aryl methyl sites for hydroxylation is 6. The molecule has 0 bridgehead atoms. The van der Waals surface area contributed by atoms with Gasteiger partial charge in [0.2, 0.25) is 0 Å². The summed E-state index contributed by atoms with van der Waals surface area (Å²) in [7, 11) is 11.3. The zero-order chi connectivity index (χ0) is 37.0. The van der Waals surface area contributed by atoms with Crippen molar-refractivity contribution in [3.05, 3.63) is 100 Å². The fraction of sp³-hybridized carbons (Fsp3) is 0.574. The predicted octanol–water partition coefficient (Wildman–Crippen LogP) is 14.6. The molecule has 296 valence electrons. The zero-order valence-electron chi connectivity index (χ0n) is 33.1.